The molecule has 7 atom stereocenters. The smallest absolute Gasteiger partial charge is 0.0884 e. The predicted molar refractivity (Wildman–Crippen MR) is 116 cm³/mol. The Morgan fingerprint density at radius 2 is 1.66 bits per heavy atom. The monoisotopic (exact) mass is 400 g/mol. The lowest BCUT2D eigenvalue weighted by atomic mass is 9.69. The van der Waals surface area contributed by atoms with E-state index in [0.717, 1.165) is 18.4 Å². The number of rotatable bonds is 7. The Morgan fingerprint density at radius 1 is 1.07 bits per heavy atom. The molecule has 0 saturated heterocycles. The molecule has 0 heterocycles. The van der Waals surface area contributed by atoms with Crippen LogP contribution in [-0.2, 0) is 17.6 Å². The molecule has 0 bridgehead atoms. The number of aliphatic hydroxyl groups is 3. The van der Waals surface area contributed by atoms with Gasteiger partial charge in [0.25, 0.3) is 0 Å². The largest absolute Gasteiger partial charge is 0.393 e. The molecule has 3 rings (SSSR count). The number of benzene rings is 1. The highest BCUT2D eigenvalue weighted by Crippen LogP contribution is 2.38. The fraction of sp³-hybridized carbons (Fsp3) is 0.600. The van der Waals surface area contributed by atoms with Crippen LogP contribution < -0.4 is 0 Å². The fourth-order valence-corrected chi connectivity index (χ4v) is 5.06. The first-order chi connectivity index (χ1) is 13.7. The Kier molecular flexibility index (Phi) is 7.00. The van der Waals surface area contributed by atoms with Crippen molar-refractivity contribution in [2.24, 2.45) is 23.7 Å². The van der Waals surface area contributed by atoms with E-state index in [1.54, 1.807) is 14.0 Å². The number of hydrogen-bond donors (Lipinski definition) is 3. The highest BCUT2D eigenvalue weighted by molar-refractivity contribution is 5.27. The van der Waals surface area contributed by atoms with Gasteiger partial charge >= 0.3 is 0 Å². The lowest BCUT2D eigenvalue weighted by Crippen LogP contribution is -2.46. The molecule has 160 valence electrons. The summed E-state index contributed by atoms with van der Waals surface area (Å²) in [6, 6.07) is 8.70. The van der Waals surface area contributed by atoms with E-state index in [-0.39, 0.29) is 24.5 Å². The minimum Gasteiger partial charge on any atom is -0.393 e. The average molecular weight is 401 g/mol. The van der Waals surface area contributed by atoms with Crippen molar-refractivity contribution in [3.63, 3.8) is 0 Å². The standard InChI is InChI=1S/C25H36O4/c1-16-5-10-20(24(16)29-4)12-18-6-8-19(9-7-18)13-21-11-17(2)23(27)14-22(21)25(3,28)15-26/h5-11,16,20-24,26-28H,12-15H2,1-4H3/t16-,20+,21+,22+,23+,24-,25+/m1/s1. The molecule has 1 aromatic carbocycles. The van der Waals surface area contributed by atoms with E-state index in [9.17, 15) is 15.3 Å². The van der Waals surface area contributed by atoms with Gasteiger partial charge < -0.3 is 20.1 Å². The summed E-state index contributed by atoms with van der Waals surface area (Å²) < 4.78 is 5.67. The third kappa shape index (κ3) is 5.00. The molecule has 2 aliphatic rings. The summed E-state index contributed by atoms with van der Waals surface area (Å²) in [5.74, 6) is 0.772. The second-order valence-electron chi connectivity index (χ2n) is 9.28. The molecule has 0 saturated carbocycles. The van der Waals surface area contributed by atoms with Crippen LogP contribution in [0.1, 0.15) is 38.3 Å². The minimum atomic E-state index is -1.20. The number of methoxy groups -OCH3 is 1. The maximum absolute atomic E-state index is 10.7. The van der Waals surface area contributed by atoms with Crippen LogP contribution in [0.4, 0.5) is 0 Å². The zero-order valence-corrected chi connectivity index (χ0v) is 18.1. The second kappa shape index (κ2) is 9.13. The topological polar surface area (TPSA) is 69.9 Å². The van der Waals surface area contributed by atoms with Crippen LogP contribution in [0.5, 0.6) is 0 Å². The van der Waals surface area contributed by atoms with Gasteiger partial charge in [0, 0.05) is 18.9 Å². The van der Waals surface area contributed by atoms with E-state index < -0.39 is 11.7 Å². The SMILES string of the molecule is CO[C@@H]1[C@H](C)C=C[C@H]1Cc1ccc(C[C@@H]2C=C(C)[C@@H](O)C[C@@H]2[C@@](C)(O)CO)cc1. The molecular formula is C25H36O4. The van der Waals surface area contributed by atoms with Gasteiger partial charge in [-0.2, -0.15) is 0 Å². The molecule has 4 nitrogen and oxygen atoms in total. The van der Waals surface area contributed by atoms with E-state index >= 15 is 0 Å². The Labute approximate surface area is 174 Å². The first-order valence-electron chi connectivity index (χ1n) is 10.7. The Bertz CT molecular complexity index is 734. The zero-order valence-electron chi connectivity index (χ0n) is 18.1. The predicted octanol–water partition coefficient (Wildman–Crippen LogP) is 3.30. The molecule has 1 aromatic rings. The number of ether oxygens (including phenoxy) is 1. The lowest BCUT2D eigenvalue weighted by molar-refractivity contribution is -0.0755. The van der Waals surface area contributed by atoms with Crippen molar-refractivity contribution in [2.75, 3.05) is 13.7 Å². The van der Waals surface area contributed by atoms with Crippen molar-refractivity contribution in [3.8, 4) is 0 Å². The van der Waals surface area contributed by atoms with Crippen molar-refractivity contribution in [3.05, 3.63) is 59.2 Å². The molecule has 3 N–H and O–H groups in total. The van der Waals surface area contributed by atoms with Crippen molar-refractivity contribution in [1.29, 1.82) is 0 Å². The average Bonchev–Trinajstić information content (AvgIpc) is 3.05. The molecule has 0 unspecified atom stereocenters. The van der Waals surface area contributed by atoms with E-state index in [0.29, 0.717) is 18.3 Å². The van der Waals surface area contributed by atoms with Crippen LogP contribution in [-0.4, -0.2) is 46.8 Å². The highest BCUT2D eigenvalue weighted by atomic mass is 16.5. The molecule has 2 aliphatic carbocycles. The van der Waals surface area contributed by atoms with Gasteiger partial charge in [-0.1, -0.05) is 49.4 Å². The summed E-state index contributed by atoms with van der Waals surface area (Å²) in [4.78, 5) is 0. The molecule has 0 aromatic heterocycles. The summed E-state index contributed by atoms with van der Waals surface area (Å²) in [7, 11) is 1.79. The lowest BCUT2D eigenvalue weighted by Gasteiger charge is -2.40. The van der Waals surface area contributed by atoms with Crippen molar-refractivity contribution < 1.29 is 20.1 Å². The third-order valence-electron chi connectivity index (χ3n) is 6.96. The molecule has 0 amide bonds. The van der Waals surface area contributed by atoms with E-state index in [1.807, 2.05) is 6.92 Å². The zero-order chi connectivity index (χ0) is 21.2. The van der Waals surface area contributed by atoms with Crippen LogP contribution in [0.2, 0.25) is 0 Å². The molecule has 4 heteroatoms. The molecule has 29 heavy (non-hydrogen) atoms. The van der Waals surface area contributed by atoms with Gasteiger partial charge in [0.05, 0.1) is 24.4 Å². The van der Waals surface area contributed by atoms with Crippen molar-refractivity contribution in [2.45, 2.75) is 57.8 Å². The Hall–Kier alpha value is -1.46. The summed E-state index contributed by atoms with van der Waals surface area (Å²) in [5.41, 5.74) is 2.24. The van der Waals surface area contributed by atoms with Gasteiger partial charge in [-0.05, 0) is 61.6 Å². The van der Waals surface area contributed by atoms with Crippen molar-refractivity contribution >= 4 is 0 Å². The van der Waals surface area contributed by atoms with Crippen LogP contribution in [0.3, 0.4) is 0 Å². The highest BCUT2D eigenvalue weighted by Gasteiger charge is 2.40. The first kappa shape index (κ1) is 22.2. The maximum atomic E-state index is 10.7. The van der Waals surface area contributed by atoms with Gasteiger partial charge in [0.1, 0.15) is 0 Å². The number of aliphatic hydroxyl groups excluding tert-OH is 2. The van der Waals surface area contributed by atoms with E-state index in [2.05, 4.69) is 49.4 Å². The van der Waals surface area contributed by atoms with E-state index in [4.69, 9.17) is 4.74 Å². The van der Waals surface area contributed by atoms with Gasteiger partial charge in [0.2, 0.25) is 0 Å². The van der Waals surface area contributed by atoms with Gasteiger partial charge in [-0.3, -0.25) is 0 Å². The molecule has 0 fully saturated rings. The van der Waals surface area contributed by atoms with Gasteiger partial charge in [0.15, 0.2) is 0 Å². The number of hydrogen-bond acceptors (Lipinski definition) is 4. The quantitative estimate of drug-likeness (QED) is 0.614. The Balaban J connectivity index is 1.70. The minimum absolute atomic E-state index is 0.0860. The van der Waals surface area contributed by atoms with Crippen LogP contribution in [0, 0.1) is 23.7 Å². The van der Waals surface area contributed by atoms with Gasteiger partial charge in [-0.15, -0.1) is 0 Å². The summed E-state index contributed by atoms with van der Waals surface area (Å²) in [5, 5.41) is 30.6. The first-order valence-corrected chi connectivity index (χ1v) is 10.7. The molecule has 0 spiro atoms. The van der Waals surface area contributed by atoms with Crippen LogP contribution >= 0.6 is 0 Å². The van der Waals surface area contributed by atoms with Crippen LogP contribution in [0.15, 0.2) is 48.1 Å². The third-order valence-corrected chi connectivity index (χ3v) is 6.96. The fourth-order valence-electron chi connectivity index (χ4n) is 5.06. The second-order valence-corrected chi connectivity index (χ2v) is 9.28. The van der Waals surface area contributed by atoms with Crippen molar-refractivity contribution in [1.82, 2.24) is 0 Å². The maximum Gasteiger partial charge on any atom is 0.0884 e. The van der Waals surface area contributed by atoms with E-state index in [1.165, 1.54) is 11.1 Å². The Morgan fingerprint density at radius 3 is 2.21 bits per heavy atom. The summed E-state index contributed by atoms with van der Waals surface area (Å²) in [6.45, 7) is 5.49. The molecular weight excluding hydrogens is 364 g/mol. The normalized spacial score (nSPS) is 34.1. The number of allylic oxidation sites excluding steroid dienone is 1. The van der Waals surface area contributed by atoms with Gasteiger partial charge in [-0.25, -0.2) is 0 Å². The molecule has 0 radical (unpaired) electrons. The summed E-state index contributed by atoms with van der Waals surface area (Å²) in [6.07, 6.45) is 8.52. The summed E-state index contributed by atoms with van der Waals surface area (Å²) >= 11 is 0. The van der Waals surface area contributed by atoms with Crippen LogP contribution in [0.25, 0.3) is 0 Å². The molecule has 0 aliphatic heterocycles.